The first-order chi connectivity index (χ1) is 13.4. The Hall–Kier alpha value is -3.38. The molecule has 1 atom stereocenters. The van der Waals surface area contributed by atoms with Gasteiger partial charge in [-0.3, -0.25) is 14.5 Å². The van der Waals surface area contributed by atoms with Gasteiger partial charge < -0.3 is 14.6 Å². The highest BCUT2D eigenvalue weighted by molar-refractivity contribution is 6.26. The normalized spacial score (nSPS) is 18.3. The molecule has 6 nitrogen and oxygen atoms in total. The molecular formula is C22H19NO5. The summed E-state index contributed by atoms with van der Waals surface area (Å²) in [5.41, 5.74) is -1.14. The summed E-state index contributed by atoms with van der Waals surface area (Å²) >= 11 is 0. The fourth-order valence-corrected chi connectivity index (χ4v) is 3.74. The number of nitrogens with zero attached hydrogens (tertiary/aromatic N) is 1. The summed E-state index contributed by atoms with van der Waals surface area (Å²) in [6.07, 6.45) is 0. The van der Waals surface area contributed by atoms with Crippen molar-refractivity contribution in [3.05, 3.63) is 60.2 Å². The first-order valence-electron chi connectivity index (χ1n) is 8.75. The predicted octanol–water partition coefficient (Wildman–Crippen LogP) is 3.31. The standard InChI is InChI=1S/C22H19NO5/c1-13(24)22(26)20-16-12-15(27-2)10-8-14(16)9-11-18(20)23(21(22)25)17-6-4-5-7-19(17)28-3/h4-12,26H,1-3H3/t22-/m0/s1. The number of benzene rings is 3. The van der Waals surface area contributed by atoms with Gasteiger partial charge in [0.1, 0.15) is 11.5 Å². The fourth-order valence-electron chi connectivity index (χ4n) is 3.74. The molecule has 3 aromatic rings. The Morgan fingerprint density at radius 3 is 2.39 bits per heavy atom. The molecule has 1 aliphatic heterocycles. The summed E-state index contributed by atoms with van der Waals surface area (Å²) in [6.45, 7) is 1.21. The number of amides is 1. The smallest absolute Gasteiger partial charge is 0.276 e. The Kier molecular flexibility index (Phi) is 4.08. The zero-order valence-corrected chi connectivity index (χ0v) is 15.7. The Morgan fingerprint density at radius 1 is 1.00 bits per heavy atom. The lowest BCUT2D eigenvalue weighted by Crippen LogP contribution is -2.43. The zero-order valence-electron chi connectivity index (χ0n) is 15.7. The maximum Gasteiger partial charge on any atom is 0.276 e. The number of methoxy groups -OCH3 is 2. The number of rotatable bonds is 4. The van der Waals surface area contributed by atoms with Gasteiger partial charge in [0.05, 0.1) is 25.6 Å². The van der Waals surface area contributed by atoms with Crippen LogP contribution in [0.4, 0.5) is 11.4 Å². The highest BCUT2D eigenvalue weighted by Crippen LogP contribution is 2.50. The molecule has 0 spiro atoms. The number of hydrogen-bond acceptors (Lipinski definition) is 5. The van der Waals surface area contributed by atoms with Gasteiger partial charge in [-0.05, 0) is 48.0 Å². The molecule has 1 N–H and O–H groups in total. The van der Waals surface area contributed by atoms with Crippen LogP contribution in [0.1, 0.15) is 12.5 Å². The van der Waals surface area contributed by atoms with Gasteiger partial charge in [0.15, 0.2) is 5.78 Å². The Balaban J connectivity index is 2.09. The Morgan fingerprint density at radius 2 is 1.71 bits per heavy atom. The molecule has 0 bridgehead atoms. The van der Waals surface area contributed by atoms with Crippen molar-refractivity contribution >= 4 is 33.8 Å². The number of hydrogen-bond donors (Lipinski definition) is 1. The summed E-state index contributed by atoms with van der Waals surface area (Å²) in [5, 5.41) is 12.7. The first-order valence-corrected chi connectivity index (χ1v) is 8.75. The van der Waals surface area contributed by atoms with Crippen LogP contribution in [0.5, 0.6) is 11.5 Å². The van der Waals surface area contributed by atoms with Crippen LogP contribution in [0, 0.1) is 0 Å². The van der Waals surface area contributed by atoms with Crippen LogP contribution in [-0.2, 0) is 15.2 Å². The molecule has 0 aliphatic carbocycles. The van der Waals surface area contributed by atoms with E-state index in [0.717, 1.165) is 5.39 Å². The van der Waals surface area contributed by atoms with Crippen molar-refractivity contribution in [3.63, 3.8) is 0 Å². The van der Waals surface area contributed by atoms with Gasteiger partial charge >= 0.3 is 0 Å². The molecule has 142 valence electrons. The van der Waals surface area contributed by atoms with E-state index in [-0.39, 0.29) is 5.56 Å². The molecule has 3 aromatic carbocycles. The summed E-state index contributed by atoms with van der Waals surface area (Å²) in [5.74, 6) is -0.350. The molecule has 0 radical (unpaired) electrons. The molecule has 1 amide bonds. The van der Waals surface area contributed by atoms with E-state index in [1.54, 1.807) is 42.5 Å². The number of carbonyl (C=O) groups is 2. The molecule has 1 aliphatic rings. The topological polar surface area (TPSA) is 76.1 Å². The number of Topliss-reactive ketones (excluding diaryl/α,β-unsaturated/α-hetero) is 1. The molecule has 6 heteroatoms. The van der Waals surface area contributed by atoms with Gasteiger partial charge in [0.2, 0.25) is 5.60 Å². The lowest BCUT2D eigenvalue weighted by atomic mass is 9.87. The second-order valence-electron chi connectivity index (χ2n) is 6.63. The summed E-state index contributed by atoms with van der Waals surface area (Å²) in [4.78, 5) is 27.2. The van der Waals surface area contributed by atoms with Crippen LogP contribution in [0.2, 0.25) is 0 Å². The van der Waals surface area contributed by atoms with Crippen molar-refractivity contribution < 1.29 is 24.2 Å². The summed E-state index contributed by atoms with van der Waals surface area (Å²) in [6, 6.07) is 15.9. The van der Waals surface area contributed by atoms with Gasteiger partial charge in [0, 0.05) is 5.56 Å². The first kappa shape index (κ1) is 18.0. The number of para-hydroxylation sites is 2. The average molecular weight is 377 g/mol. The Bertz CT molecular complexity index is 1120. The van der Waals surface area contributed by atoms with Gasteiger partial charge in [-0.2, -0.15) is 0 Å². The molecule has 0 fully saturated rings. The fraction of sp³-hybridized carbons (Fsp3) is 0.182. The third-order valence-corrected chi connectivity index (χ3v) is 5.16. The van der Waals surface area contributed by atoms with Crippen LogP contribution in [-0.4, -0.2) is 31.0 Å². The van der Waals surface area contributed by atoms with Crippen molar-refractivity contribution in [2.24, 2.45) is 0 Å². The summed E-state index contributed by atoms with van der Waals surface area (Å²) in [7, 11) is 3.04. The van der Waals surface area contributed by atoms with E-state index < -0.39 is 17.3 Å². The number of ether oxygens (including phenoxy) is 2. The molecular weight excluding hydrogens is 358 g/mol. The second-order valence-corrected chi connectivity index (χ2v) is 6.63. The quantitative estimate of drug-likeness (QED) is 0.706. The third kappa shape index (κ3) is 2.31. The van der Waals surface area contributed by atoms with Crippen LogP contribution < -0.4 is 14.4 Å². The molecule has 4 rings (SSSR count). The van der Waals surface area contributed by atoms with Crippen molar-refractivity contribution in [3.8, 4) is 11.5 Å². The monoisotopic (exact) mass is 377 g/mol. The van der Waals surface area contributed by atoms with Gasteiger partial charge in [-0.1, -0.05) is 24.3 Å². The second kappa shape index (κ2) is 6.35. The number of fused-ring (bicyclic) bond motifs is 3. The van der Waals surface area contributed by atoms with E-state index in [1.807, 2.05) is 12.1 Å². The lowest BCUT2D eigenvalue weighted by Gasteiger charge is -2.22. The average Bonchev–Trinajstić information content (AvgIpc) is 2.96. The summed E-state index contributed by atoms with van der Waals surface area (Å²) < 4.78 is 10.7. The molecule has 28 heavy (non-hydrogen) atoms. The van der Waals surface area contributed by atoms with Crippen molar-refractivity contribution in [2.45, 2.75) is 12.5 Å². The third-order valence-electron chi connectivity index (χ3n) is 5.16. The number of ketones is 1. The number of anilines is 2. The van der Waals surface area contributed by atoms with E-state index >= 15 is 0 Å². The van der Waals surface area contributed by atoms with E-state index in [1.165, 1.54) is 26.0 Å². The van der Waals surface area contributed by atoms with Crippen LogP contribution in [0.25, 0.3) is 10.8 Å². The van der Waals surface area contributed by atoms with E-state index in [2.05, 4.69) is 0 Å². The SMILES string of the molecule is COc1ccc2ccc3c(c2c1)[C@@](O)(C(C)=O)C(=O)N3c1ccccc1OC. The van der Waals surface area contributed by atoms with E-state index in [4.69, 9.17) is 9.47 Å². The van der Waals surface area contributed by atoms with Gasteiger partial charge in [-0.15, -0.1) is 0 Å². The number of carbonyl (C=O) groups excluding carboxylic acids is 2. The van der Waals surface area contributed by atoms with Crippen LogP contribution in [0.15, 0.2) is 54.6 Å². The molecule has 0 saturated heterocycles. The highest BCUT2D eigenvalue weighted by Gasteiger charge is 2.55. The molecule has 0 unspecified atom stereocenters. The highest BCUT2D eigenvalue weighted by atomic mass is 16.5. The maximum atomic E-state index is 13.4. The largest absolute Gasteiger partial charge is 0.497 e. The van der Waals surface area contributed by atoms with Gasteiger partial charge in [0.25, 0.3) is 5.91 Å². The van der Waals surface area contributed by atoms with Crippen LogP contribution in [0.3, 0.4) is 0 Å². The van der Waals surface area contributed by atoms with Crippen molar-refractivity contribution in [1.82, 2.24) is 0 Å². The molecule has 0 aromatic heterocycles. The minimum atomic E-state index is -2.29. The predicted molar refractivity (Wildman–Crippen MR) is 105 cm³/mol. The zero-order chi connectivity index (χ0) is 20.1. The van der Waals surface area contributed by atoms with Crippen molar-refractivity contribution in [1.29, 1.82) is 0 Å². The molecule has 1 heterocycles. The minimum absolute atomic E-state index is 0.257. The van der Waals surface area contributed by atoms with E-state index in [0.29, 0.717) is 28.3 Å². The van der Waals surface area contributed by atoms with Crippen LogP contribution >= 0.6 is 0 Å². The molecule has 0 saturated carbocycles. The van der Waals surface area contributed by atoms with Crippen molar-refractivity contribution in [2.75, 3.05) is 19.1 Å². The number of aliphatic hydroxyl groups is 1. The maximum absolute atomic E-state index is 13.4. The van der Waals surface area contributed by atoms with E-state index in [9.17, 15) is 14.7 Å². The van der Waals surface area contributed by atoms with Gasteiger partial charge in [-0.25, -0.2) is 0 Å². The Labute approximate surface area is 161 Å². The lowest BCUT2D eigenvalue weighted by molar-refractivity contribution is -0.148. The minimum Gasteiger partial charge on any atom is -0.497 e.